The SMILES string of the molecule is N#Cc1ccccc1Nc1cc(C(N)=O)c(C(N)=O)cc1Nc1ccccc1C#N. The highest BCUT2D eigenvalue weighted by Crippen LogP contribution is 2.33. The van der Waals surface area contributed by atoms with Crippen LogP contribution in [0, 0.1) is 22.7 Å². The van der Waals surface area contributed by atoms with Crippen LogP contribution in [-0.4, -0.2) is 11.8 Å². The van der Waals surface area contributed by atoms with Crippen LogP contribution < -0.4 is 22.1 Å². The fraction of sp³-hybridized carbons (Fsp3) is 0. The van der Waals surface area contributed by atoms with E-state index in [1.165, 1.54) is 12.1 Å². The first kappa shape index (κ1) is 19.9. The molecule has 3 aromatic carbocycles. The Morgan fingerprint density at radius 3 is 1.37 bits per heavy atom. The number of amides is 2. The normalized spacial score (nSPS) is 9.80. The van der Waals surface area contributed by atoms with Crippen LogP contribution in [0.4, 0.5) is 22.7 Å². The van der Waals surface area contributed by atoms with Crippen LogP contribution in [0.15, 0.2) is 60.7 Å². The number of carbonyl (C=O) groups excluding carboxylic acids is 2. The van der Waals surface area contributed by atoms with Crippen LogP contribution in [-0.2, 0) is 0 Å². The Bertz CT molecular complexity index is 1140. The zero-order chi connectivity index (χ0) is 21.7. The molecular weight excluding hydrogens is 380 g/mol. The molecule has 6 N–H and O–H groups in total. The lowest BCUT2D eigenvalue weighted by molar-refractivity contribution is 0.0967. The van der Waals surface area contributed by atoms with Crippen LogP contribution in [0.5, 0.6) is 0 Å². The molecule has 30 heavy (non-hydrogen) atoms. The number of primary amides is 2. The Hall–Kier alpha value is -4.82. The smallest absolute Gasteiger partial charge is 0.249 e. The lowest BCUT2D eigenvalue weighted by atomic mass is 10.0. The molecule has 0 fully saturated rings. The second kappa shape index (κ2) is 8.46. The van der Waals surface area contributed by atoms with Crippen molar-refractivity contribution in [1.82, 2.24) is 0 Å². The van der Waals surface area contributed by atoms with Crippen molar-refractivity contribution in [2.45, 2.75) is 0 Å². The van der Waals surface area contributed by atoms with Gasteiger partial charge in [0, 0.05) is 0 Å². The molecule has 0 aliphatic rings. The van der Waals surface area contributed by atoms with E-state index in [2.05, 4.69) is 22.8 Å². The molecule has 0 spiro atoms. The van der Waals surface area contributed by atoms with E-state index in [1.807, 2.05) is 0 Å². The van der Waals surface area contributed by atoms with Crippen molar-refractivity contribution in [3.8, 4) is 12.1 Å². The van der Waals surface area contributed by atoms with Crippen LogP contribution >= 0.6 is 0 Å². The molecule has 2 amide bonds. The average Bonchev–Trinajstić information content (AvgIpc) is 2.75. The number of benzene rings is 3. The van der Waals surface area contributed by atoms with Crippen LogP contribution in [0.1, 0.15) is 31.8 Å². The van der Waals surface area contributed by atoms with Gasteiger partial charge in [-0.1, -0.05) is 24.3 Å². The van der Waals surface area contributed by atoms with Gasteiger partial charge < -0.3 is 22.1 Å². The van der Waals surface area contributed by atoms with Crippen molar-refractivity contribution in [3.63, 3.8) is 0 Å². The van der Waals surface area contributed by atoms with E-state index in [1.54, 1.807) is 48.5 Å². The van der Waals surface area contributed by atoms with Crippen molar-refractivity contribution in [2.24, 2.45) is 11.5 Å². The van der Waals surface area contributed by atoms with Crippen LogP contribution in [0.25, 0.3) is 0 Å². The fourth-order valence-corrected chi connectivity index (χ4v) is 2.88. The van der Waals surface area contributed by atoms with Crippen LogP contribution in [0.3, 0.4) is 0 Å². The van der Waals surface area contributed by atoms with E-state index < -0.39 is 11.8 Å². The number of nitrogens with zero attached hydrogens (tertiary/aromatic N) is 2. The Kier molecular flexibility index (Phi) is 5.62. The Labute approximate surface area is 172 Å². The molecule has 0 heterocycles. The molecule has 0 saturated heterocycles. The monoisotopic (exact) mass is 396 g/mol. The molecule has 0 bridgehead atoms. The Morgan fingerprint density at radius 1 is 0.667 bits per heavy atom. The number of nitriles is 2. The van der Waals surface area contributed by atoms with E-state index in [0.29, 0.717) is 33.9 Å². The van der Waals surface area contributed by atoms with Crippen molar-refractivity contribution >= 4 is 34.6 Å². The highest BCUT2D eigenvalue weighted by molar-refractivity contribution is 6.08. The number of rotatable bonds is 6. The summed E-state index contributed by atoms with van der Waals surface area (Å²) >= 11 is 0. The second-order valence-corrected chi connectivity index (χ2v) is 6.24. The Morgan fingerprint density at radius 2 is 1.03 bits per heavy atom. The van der Waals surface area contributed by atoms with Gasteiger partial charge in [0.05, 0.1) is 45.0 Å². The molecule has 146 valence electrons. The maximum Gasteiger partial charge on any atom is 0.249 e. The zero-order valence-electron chi connectivity index (χ0n) is 15.6. The van der Waals surface area contributed by atoms with E-state index in [-0.39, 0.29) is 11.1 Å². The molecule has 0 aliphatic heterocycles. The number of para-hydroxylation sites is 2. The minimum atomic E-state index is -0.829. The maximum absolute atomic E-state index is 11.9. The molecule has 0 atom stereocenters. The molecule has 0 aromatic heterocycles. The first-order chi connectivity index (χ1) is 14.4. The van der Waals surface area contributed by atoms with Gasteiger partial charge in [-0.2, -0.15) is 10.5 Å². The van der Waals surface area contributed by atoms with Gasteiger partial charge in [-0.25, -0.2) is 0 Å². The highest BCUT2D eigenvalue weighted by atomic mass is 16.2. The fourth-order valence-electron chi connectivity index (χ4n) is 2.88. The second-order valence-electron chi connectivity index (χ2n) is 6.24. The van der Waals surface area contributed by atoms with E-state index in [4.69, 9.17) is 11.5 Å². The summed E-state index contributed by atoms with van der Waals surface area (Å²) in [6, 6.07) is 20.5. The maximum atomic E-state index is 11.9. The lowest BCUT2D eigenvalue weighted by Crippen LogP contribution is -2.21. The van der Waals surface area contributed by atoms with E-state index in [0.717, 1.165) is 0 Å². The molecule has 0 aliphatic carbocycles. The summed E-state index contributed by atoms with van der Waals surface area (Å²) < 4.78 is 0. The molecule has 8 nitrogen and oxygen atoms in total. The van der Waals surface area contributed by atoms with Crippen molar-refractivity contribution in [2.75, 3.05) is 10.6 Å². The van der Waals surface area contributed by atoms with Gasteiger partial charge in [-0.05, 0) is 36.4 Å². The molecular formula is C22H16N6O2. The summed E-state index contributed by atoms with van der Waals surface area (Å²) in [5.74, 6) is -1.66. The molecule has 0 saturated carbocycles. The Balaban J connectivity index is 2.19. The number of carbonyl (C=O) groups is 2. The lowest BCUT2D eigenvalue weighted by Gasteiger charge is -2.18. The topological polar surface area (TPSA) is 158 Å². The molecule has 0 unspecified atom stereocenters. The van der Waals surface area contributed by atoms with Crippen molar-refractivity contribution in [1.29, 1.82) is 10.5 Å². The summed E-state index contributed by atoms with van der Waals surface area (Å²) in [5, 5.41) is 24.9. The number of nitrogens with one attached hydrogen (secondary N) is 2. The highest BCUT2D eigenvalue weighted by Gasteiger charge is 2.19. The summed E-state index contributed by atoms with van der Waals surface area (Å²) in [6.45, 7) is 0. The summed E-state index contributed by atoms with van der Waals surface area (Å²) in [6.07, 6.45) is 0. The summed E-state index contributed by atoms with van der Waals surface area (Å²) in [5.41, 5.74) is 13.2. The van der Waals surface area contributed by atoms with Crippen molar-refractivity contribution in [3.05, 3.63) is 82.9 Å². The quantitative estimate of drug-likeness (QED) is 0.501. The molecule has 8 heteroatoms. The summed E-state index contributed by atoms with van der Waals surface area (Å²) in [7, 11) is 0. The first-order valence-corrected chi connectivity index (χ1v) is 8.74. The largest absolute Gasteiger partial charge is 0.366 e. The third-order valence-corrected chi connectivity index (χ3v) is 4.32. The summed E-state index contributed by atoms with van der Waals surface area (Å²) in [4.78, 5) is 23.8. The number of anilines is 4. The standard InChI is InChI=1S/C22H16N6O2/c23-11-13-5-1-3-7-17(13)27-19-9-15(21(25)29)16(22(26)30)10-20(19)28-18-8-4-2-6-14(18)12-24/h1-10,27-28H,(H2,25,29)(H2,26,30). The van der Waals surface area contributed by atoms with Gasteiger partial charge >= 0.3 is 0 Å². The number of nitrogens with two attached hydrogens (primary N) is 2. The molecule has 0 radical (unpaired) electrons. The van der Waals surface area contributed by atoms with E-state index >= 15 is 0 Å². The van der Waals surface area contributed by atoms with Crippen LogP contribution in [0.2, 0.25) is 0 Å². The molecule has 3 aromatic rings. The molecule has 3 rings (SSSR count). The van der Waals surface area contributed by atoms with E-state index in [9.17, 15) is 20.1 Å². The number of hydrogen-bond acceptors (Lipinski definition) is 6. The minimum Gasteiger partial charge on any atom is -0.366 e. The average molecular weight is 396 g/mol. The zero-order valence-corrected chi connectivity index (χ0v) is 15.6. The number of hydrogen-bond donors (Lipinski definition) is 4. The van der Waals surface area contributed by atoms with Crippen molar-refractivity contribution < 1.29 is 9.59 Å². The third kappa shape index (κ3) is 4.03. The van der Waals surface area contributed by atoms with Gasteiger partial charge in [0.2, 0.25) is 11.8 Å². The van der Waals surface area contributed by atoms with Gasteiger partial charge in [0.15, 0.2) is 0 Å². The first-order valence-electron chi connectivity index (χ1n) is 8.74. The predicted octanol–water partition coefficient (Wildman–Crippen LogP) is 3.11. The van der Waals surface area contributed by atoms with Gasteiger partial charge in [0.25, 0.3) is 0 Å². The van der Waals surface area contributed by atoms with Gasteiger partial charge in [0.1, 0.15) is 12.1 Å². The third-order valence-electron chi connectivity index (χ3n) is 4.32. The van der Waals surface area contributed by atoms with Gasteiger partial charge in [-0.15, -0.1) is 0 Å². The van der Waals surface area contributed by atoms with Gasteiger partial charge in [-0.3, -0.25) is 9.59 Å². The predicted molar refractivity (Wildman–Crippen MR) is 112 cm³/mol. The minimum absolute atomic E-state index is 0.0708.